The molecule has 7 heteroatoms. The molecule has 25 heavy (non-hydrogen) atoms. The van der Waals surface area contributed by atoms with Crippen molar-refractivity contribution in [3.8, 4) is 11.8 Å². The van der Waals surface area contributed by atoms with Crippen molar-refractivity contribution in [3.63, 3.8) is 0 Å². The van der Waals surface area contributed by atoms with Gasteiger partial charge in [0.2, 0.25) is 5.91 Å². The Morgan fingerprint density at radius 2 is 1.80 bits per heavy atom. The van der Waals surface area contributed by atoms with Crippen LogP contribution in [0.3, 0.4) is 0 Å². The molecule has 0 aromatic heterocycles. The van der Waals surface area contributed by atoms with Gasteiger partial charge >= 0.3 is 6.03 Å². The molecule has 1 fully saturated rings. The van der Waals surface area contributed by atoms with Crippen LogP contribution in [0.25, 0.3) is 0 Å². The van der Waals surface area contributed by atoms with Crippen molar-refractivity contribution in [2.75, 3.05) is 26.2 Å². The van der Waals surface area contributed by atoms with Crippen LogP contribution in [0.15, 0.2) is 18.2 Å². The number of carbonyl (C=O) groups is 2. The van der Waals surface area contributed by atoms with E-state index >= 15 is 0 Å². The lowest BCUT2D eigenvalue weighted by atomic mass is 10.2. The molecule has 1 aliphatic heterocycles. The minimum absolute atomic E-state index is 0.126. The van der Waals surface area contributed by atoms with Crippen LogP contribution in [-0.4, -0.2) is 54.0 Å². The molecule has 134 valence electrons. The second-order valence-electron chi connectivity index (χ2n) is 5.79. The van der Waals surface area contributed by atoms with E-state index in [0.717, 1.165) is 5.56 Å². The van der Waals surface area contributed by atoms with Gasteiger partial charge in [-0.2, -0.15) is 0 Å². The summed E-state index contributed by atoms with van der Waals surface area (Å²) in [6.07, 6.45) is 0.494. The van der Waals surface area contributed by atoms with Gasteiger partial charge in [0, 0.05) is 38.2 Å². The van der Waals surface area contributed by atoms with E-state index in [4.69, 9.17) is 23.2 Å². The summed E-state index contributed by atoms with van der Waals surface area (Å²) in [5.74, 6) is 6.07. The summed E-state index contributed by atoms with van der Waals surface area (Å²) in [6, 6.07) is 4.68. The highest BCUT2D eigenvalue weighted by molar-refractivity contribution is 6.42. The minimum Gasteiger partial charge on any atom is -0.339 e. The van der Waals surface area contributed by atoms with Crippen molar-refractivity contribution in [1.82, 2.24) is 15.1 Å². The molecule has 1 aromatic rings. The number of rotatable bonds is 2. The predicted octanol–water partition coefficient (Wildman–Crippen LogP) is 3.00. The number of amides is 3. The number of nitrogens with one attached hydrogen (secondary N) is 1. The van der Waals surface area contributed by atoms with Crippen LogP contribution in [-0.2, 0) is 4.79 Å². The smallest absolute Gasteiger partial charge is 0.318 e. The predicted molar refractivity (Wildman–Crippen MR) is 99.8 cm³/mol. The highest BCUT2D eigenvalue weighted by Crippen LogP contribution is 2.22. The standard InChI is InChI=1S/C18H21Cl2N3O2/c1-3-17(24)22-8-10-23(11-9-22)18(25)21-13(2)4-5-14-6-7-15(19)16(20)12-14/h6-7,12-13H,3,8-11H2,1-2H3,(H,21,25). The van der Waals surface area contributed by atoms with Gasteiger partial charge in [0.1, 0.15) is 0 Å². The molecule has 1 unspecified atom stereocenters. The van der Waals surface area contributed by atoms with Crippen LogP contribution in [0.4, 0.5) is 4.79 Å². The molecule has 5 nitrogen and oxygen atoms in total. The molecule has 0 radical (unpaired) electrons. The third kappa shape index (κ3) is 5.55. The number of hydrogen-bond acceptors (Lipinski definition) is 2. The van der Waals surface area contributed by atoms with Gasteiger partial charge in [-0.05, 0) is 25.1 Å². The summed E-state index contributed by atoms with van der Waals surface area (Å²) in [4.78, 5) is 27.4. The van der Waals surface area contributed by atoms with Gasteiger partial charge in [-0.1, -0.05) is 42.0 Å². The zero-order valence-electron chi connectivity index (χ0n) is 14.3. The lowest BCUT2D eigenvalue weighted by molar-refractivity contribution is -0.132. The summed E-state index contributed by atoms with van der Waals surface area (Å²) in [5.41, 5.74) is 0.738. The fourth-order valence-electron chi connectivity index (χ4n) is 2.46. The largest absolute Gasteiger partial charge is 0.339 e. The van der Waals surface area contributed by atoms with E-state index < -0.39 is 0 Å². The Morgan fingerprint density at radius 1 is 1.16 bits per heavy atom. The van der Waals surface area contributed by atoms with Crippen molar-refractivity contribution in [2.24, 2.45) is 0 Å². The summed E-state index contributed by atoms with van der Waals surface area (Å²) in [7, 11) is 0. The van der Waals surface area contributed by atoms with Crippen LogP contribution in [0.5, 0.6) is 0 Å². The maximum Gasteiger partial charge on any atom is 0.318 e. The van der Waals surface area contributed by atoms with E-state index in [2.05, 4.69) is 17.2 Å². The van der Waals surface area contributed by atoms with E-state index in [0.29, 0.717) is 42.6 Å². The molecule has 0 aliphatic carbocycles. The number of piperazine rings is 1. The molecule has 0 saturated carbocycles. The first-order valence-electron chi connectivity index (χ1n) is 8.20. The molecule has 2 rings (SSSR count). The number of nitrogens with zero attached hydrogens (tertiary/aromatic N) is 2. The maximum absolute atomic E-state index is 12.3. The van der Waals surface area contributed by atoms with Crippen LogP contribution in [0.2, 0.25) is 10.0 Å². The third-order valence-electron chi connectivity index (χ3n) is 3.91. The number of hydrogen-bond donors (Lipinski definition) is 1. The fraction of sp³-hybridized carbons (Fsp3) is 0.444. The Hall–Kier alpha value is -1.90. The molecule has 1 atom stereocenters. The van der Waals surface area contributed by atoms with Crippen molar-refractivity contribution in [3.05, 3.63) is 33.8 Å². The molecule has 0 spiro atoms. The first-order chi connectivity index (χ1) is 11.9. The van der Waals surface area contributed by atoms with E-state index in [-0.39, 0.29) is 18.0 Å². The Labute approximate surface area is 158 Å². The van der Waals surface area contributed by atoms with Crippen LogP contribution in [0.1, 0.15) is 25.8 Å². The van der Waals surface area contributed by atoms with E-state index in [1.807, 2.05) is 13.8 Å². The summed E-state index contributed by atoms with van der Waals surface area (Å²) in [5, 5.41) is 3.78. The van der Waals surface area contributed by atoms with Gasteiger partial charge in [-0.3, -0.25) is 4.79 Å². The van der Waals surface area contributed by atoms with Crippen LogP contribution < -0.4 is 5.32 Å². The van der Waals surface area contributed by atoms with E-state index in [1.165, 1.54) is 0 Å². The van der Waals surface area contributed by atoms with Crippen LogP contribution in [0, 0.1) is 11.8 Å². The molecule has 1 heterocycles. The summed E-state index contributed by atoms with van der Waals surface area (Å²) < 4.78 is 0. The Bertz CT molecular complexity index is 704. The van der Waals surface area contributed by atoms with E-state index in [9.17, 15) is 9.59 Å². The highest BCUT2D eigenvalue weighted by atomic mass is 35.5. The molecular formula is C18H21Cl2N3O2. The van der Waals surface area contributed by atoms with E-state index in [1.54, 1.807) is 28.0 Å². The SMILES string of the molecule is CCC(=O)N1CCN(C(=O)NC(C)C#Cc2ccc(Cl)c(Cl)c2)CC1. The molecule has 1 N–H and O–H groups in total. The summed E-state index contributed by atoms with van der Waals surface area (Å²) in [6.45, 7) is 5.87. The Morgan fingerprint density at radius 3 is 2.40 bits per heavy atom. The molecule has 1 saturated heterocycles. The quantitative estimate of drug-likeness (QED) is 0.800. The average Bonchev–Trinajstić information content (AvgIpc) is 2.62. The number of halogens is 2. The molecule has 1 aliphatic rings. The maximum atomic E-state index is 12.3. The Kier molecular flexibility index (Phi) is 6.98. The van der Waals surface area contributed by atoms with Gasteiger partial charge < -0.3 is 15.1 Å². The summed E-state index contributed by atoms with van der Waals surface area (Å²) >= 11 is 11.8. The van der Waals surface area contributed by atoms with Gasteiger partial charge in [-0.25, -0.2) is 4.79 Å². The van der Waals surface area contributed by atoms with Crippen molar-refractivity contribution in [2.45, 2.75) is 26.3 Å². The zero-order valence-corrected chi connectivity index (χ0v) is 15.8. The zero-order chi connectivity index (χ0) is 18.4. The monoisotopic (exact) mass is 381 g/mol. The second-order valence-corrected chi connectivity index (χ2v) is 6.61. The minimum atomic E-state index is -0.308. The average molecular weight is 382 g/mol. The topological polar surface area (TPSA) is 52.7 Å². The normalized spacial score (nSPS) is 15.2. The molecule has 3 amide bonds. The Balaban J connectivity index is 1.86. The lowest BCUT2D eigenvalue weighted by Gasteiger charge is -2.34. The van der Waals surface area contributed by atoms with Gasteiger partial charge in [0.05, 0.1) is 16.1 Å². The van der Waals surface area contributed by atoms with Crippen LogP contribution >= 0.6 is 23.2 Å². The number of carbonyl (C=O) groups excluding carboxylic acids is 2. The lowest BCUT2D eigenvalue weighted by Crippen LogP contribution is -2.54. The first kappa shape index (κ1) is 19.4. The molecular weight excluding hydrogens is 361 g/mol. The number of urea groups is 1. The first-order valence-corrected chi connectivity index (χ1v) is 8.96. The second kappa shape index (κ2) is 8.98. The van der Waals surface area contributed by atoms with Crippen molar-refractivity contribution < 1.29 is 9.59 Å². The van der Waals surface area contributed by atoms with Crippen molar-refractivity contribution in [1.29, 1.82) is 0 Å². The molecule has 1 aromatic carbocycles. The van der Waals surface area contributed by atoms with Gasteiger partial charge in [0.25, 0.3) is 0 Å². The van der Waals surface area contributed by atoms with Gasteiger partial charge in [0.15, 0.2) is 0 Å². The number of benzene rings is 1. The fourth-order valence-corrected chi connectivity index (χ4v) is 2.76. The van der Waals surface area contributed by atoms with Crippen molar-refractivity contribution >= 4 is 35.1 Å². The third-order valence-corrected chi connectivity index (χ3v) is 4.65. The molecule has 0 bridgehead atoms. The van der Waals surface area contributed by atoms with Gasteiger partial charge in [-0.15, -0.1) is 0 Å². The highest BCUT2D eigenvalue weighted by Gasteiger charge is 2.23.